The first-order valence-electron chi connectivity index (χ1n) is 8.39. The normalized spacial score (nSPS) is 10.6. The lowest BCUT2D eigenvalue weighted by atomic mass is 10.1. The van der Waals surface area contributed by atoms with Crippen LogP contribution in [0.5, 0.6) is 17.2 Å². The monoisotopic (exact) mass is 376 g/mol. The summed E-state index contributed by atoms with van der Waals surface area (Å²) in [5.41, 5.74) is -0.531. The lowest BCUT2D eigenvalue weighted by Crippen LogP contribution is -2.34. The van der Waals surface area contributed by atoms with Gasteiger partial charge in [0.2, 0.25) is 0 Å². The number of aromatic hydroxyl groups is 1. The fraction of sp³-hybridized carbons (Fsp3) is 0.368. The molecule has 0 aliphatic heterocycles. The molecule has 0 saturated heterocycles. The van der Waals surface area contributed by atoms with E-state index in [-0.39, 0.29) is 12.1 Å². The second-order valence-electron chi connectivity index (χ2n) is 5.75. The van der Waals surface area contributed by atoms with Crippen LogP contribution in [0.2, 0.25) is 0 Å². The molecule has 2 aromatic rings. The molecule has 146 valence electrons. The molecule has 0 aliphatic rings. The molecule has 0 saturated carbocycles. The van der Waals surface area contributed by atoms with Crippen molar-refractivity contribution < 1.29 is 24.1 Å². The topological polar surface area (TPSA) is 99.0 Å². The highest BCUT2D eigenvalue weighted by Gasteiger charge is 2.23. The standard InChI is InChI=1S/C19H24N2O6/c1-5-8-21-13-11-15(27-4)14(26-3)10-12(13)17(22)16(19(21)24)18(23)20-7-6-9-25-2/h5,10-11,22H,1,6-9H2,2-4H3,(H,20,23). The van der Waals surface area contributed by atoms with Gasteiger partial charge in [0.15, 0.2) is 11.5 Å². The third-order valence-electron chi connectivity index (χ3n) is 4.09. The van der Waals surface area contributed by atoms with Crippen LogP contribution in [0.3, 0.4) is 0 Å². The molecule has 27 heavy (non-hydrogen) atoms. The van der Waals surface area contributed by atoms with E-state index in [2.05, 4.69) is 11.9 Å². The summed E-state index contributed by atoms with van der Waals surface area (Å²) >= 11 is 0. The molecule has 0 atom stereocenters. The molecule has 8 heteroatoms. The Hall–Kier alpha value is -3.00. The number of ether oxygens (including phenoxy) is 3. The molecule has 1 heterocycles. The predicted octanol–water partition coefficient (Wildman–Crippen LogP) is 1.68. The number of rotatable bonds is 9. The summed E-state index contributed by atoms with van der Waals surface area (Å²) in [6.45, 7) is 4.61. The van der Waals surface area contributed by atoms with Gasteiger partial charge in [-0.2, -0.15) is 0 Å². The molecule has 0 radical (unpaired) electrons. The minimum atomic E-state index is -0.650. The largest absolute Gasteiger partial charge is 0.506 e. The number of carbonyl (C=O) groups excluding carboxylic acids is 1. The van der Waals surface area contributed by atoms with Crippen molar-refractivity contribution in [3.05, 3.63) is 40.7 Å². The summed E-state index contributed by atoms with van der Waals surface area (Å²) in [6, 6.07) is 3.11. The zero-order chi connectivity index (χ0) is 20.0. The van der Waals surface area contributed by atoms with Crippen LogP contribution in [0.25, 0.3) is 10.9 Å². The molecule has 1 aromatic heterocycles. The highest BCUT2D eigenvalue weighted by atomic mass is 16.5. The van der Waals surface area contributed by atoms with Gasteiger partial charge in [-0.05, 0) is 12.5 Å². The summed E-state index contributed by atoms with van der Waals surface area (Å²) in [5, 5.41) is 13.6. The number of nitrogens with zero attached hydrogens (tertiary/aromatic N) is 1. The number of pyridine rings is 1. The van der Waals surface area contributed by atoms with E-state index in [0.29, 0.717) is 42.0 Å². The molecule has 0 unspecified atom stereocenters. The number of amides is 1. The third-order valence-corrected chi connectivity index (χ3v) is 4.09. The quantitative estimate of drug-likeness (QED) is 0.510. The van der Waals surface area contributed by atoms with Crippen LogP contribution in [0, 0.1) is 0 Å². The average molecular weight is 376 g/mol. The molecule has 0 spiro atoms. The predicted molar refractivity (Wildman–Crippen MR) is 102 cm³/mol. The van der Waals surface area contributed by atoms with Crippen LogP contribution in [-0.2, 0) is 11.3 Å². The van der Waals surface area contributed by atoms with Crippen LogP contribution in [-0.4, -0.2) is 50.1 Å². The fourth-order valence-electron chi connectivity index (χ4n) is 2.78. The second-order valence-corrected chi connectivity index (χ2v) is 5.75. The number of hydrogen-bond acceptors (Lipinski definition) is 6. The van der Waals surface area contributed by atoms with Crippen LogP contribution in [0.15, 0.2) is 29.6 Å². The summed E-state index contributed by atoms with van der Waals surface area (Å²) in [4.78, 5) is 25.4. The van der Waals surface area contributed by atoms with Gasteiger partial charge in [-0.1, -0.05) is 6.08 Å². The van der Waals surface area contributed by atoms with Crippen LogP contribution < -0.4 is 20.3 Å². The van der Waals surface area contributed by atoms with Crippen molar-refractivity contribution in [3.63, 3.8) is 0 Å². The van der Waals surface area contributed by atoms with Gasteiger partial charge in [-0.15, -0.1) is 6.58 Å². The van der Waals surface area contributed by atoms with E-state index >= 15 is 0 Å². The maximum Gasteiger partial charge on any atom is 0.268 e. The molecule has 0 fully saturated rings. The number of allylic oxidation sites excluding steroid dienone is 1. The molecular formula is C19H24N2O6. The number of carbonyl (C=O) groups is 1. The number of fused-ring (bicyclic) bond motifs is 1. The number of methoxy groups -OCH3 is 3. The van der Waals surface area contributed by atoms with Crippen molar-refractivity contribution in [2.75, 3.05) is 34.5 Å². The number of hydrogen-bond donors (Lipinski definition) is 2. The number of nitrogens with one attached hydrogen (secondary N) is 1. The minimum absolute atomic E-state index is 0.162. The number of benzene rings is 1. The SMILES string of the molecule is C=CCn1c(=O)c(C(=O)NCCCOC)c(O)c2cc(OC)c(OC)cc21. The van der Waals surface area contributed by atoms with Gasteiger partial charge in [-0.25, -0.2) is 0 Å². The molecule has 2 N–H and O–H groups in total. The first-order valence-corrected chi connectivity index (χ1v) is 8.39. The summed E-state index contributed by atoms with van der Waals surface area (Å²) in [5.74, 6) is -0.280. The Morgan fingerprint density at radius 2 is 1.93 bits per heavy atom. The third kappa shape index (κ3) is 4.06. The molecular weight excluding hydrogens is 352 g/mol. The van der Waals surface area contributed by atoms with Gasteiger partial charge in [-0.3, -0.25) is 9.59 Å². The second kappa shape index (κ2) is 9.09. The highest BCUT2D eigenvalue weighted by Crippen LogP contribution is 2.36. The zero-order valence-electron chi connectivity index (χ0n) is 15.7. The van der Waals surface area contributed by atoms with Crippen molar-refractivity contribution in [2.45, 2.75) is 13.0 Å². The van der Waals surface area contributed by atoms with Gasteiger partial charge >= 0.3 is 0 Å². The van der Waals surface area contributed by atoms with Gasteiger partial charge in [0.25, 0.3) is 11.5 Å². The molecule has 2 rings (SSSR count). The van der Waals surface area contributed by atoms with Gasteiger partial charge < -0.3 is 29.2 Å². The van der Waals surface area contributed by atoms with E-state index in [1.165, 1.54) is 30.9 Å². The maximum atomic E-state index is 12.9. The van der Waals surface area contributed by atoms with Crippen molar-refractivity contribution in [1.29, 1.82) is 0 Å². The Bertz CT molecular complexity index is 903. The Balaban J connectivity index is 2.66. The smallest absolute Gasteiger partial charge is 0.268 e. The number of aromatic nitrogens is 1. The van der Waals surface area contributed by atoms with Gasteiger partial charge in [0.1, 0.15) is 11.3 Å². The van der Waals surface area contributed by atoms with Crippen LogP contribution in [0.4, 0.5) is 0 Å². The van der Waals surface area contributed by atoms with E-state index < -0.39 is 17.2 Å². The Morgan fingerprint density at radius 1 is 1.26 bits per heavy atom. The zero-order valence-corrected chi connectivity index (χ0v) is 15.7. The summed E-state index contributed by atoms with van der Waals surface area (Å²) in [7, 11) is 4.50. The van der Waals surface area contributed by atoms with Crippen molar-refractivity contribution in [3.8, 4) is 17.2 Å². The van der Waals surface area contributed by atoms with Gasteiger partial charge in [0, 0.05) is 38.3 Å². The van der Waals surface area contributed by atoms with Crippen molar-refractivity contribution >= 4 is 16.8 Å². The molecule has 1 aromatic carbocycles. The molecule has 0 aliphatic carbocycles. The average Bonchev–Trinajstić information content (AvgIpc) is 2.67. The fourth-order valence-corrected chi connectivity index (χ4v) is 2.78. The lowest BCUT2D eigenvalue weighted by molar-refractivity contribution is 0.0944. The molecule has 8 nitrogen and oxygen atoms in total. The first-order chi connectivity index (χ1) is 13.0. The minimum Gasteiger partial charge on any atom is -0.506 e. The highest BCUT2D eigenvalue weighted by molar-refractivity contribution is 6.03. The van der Waals surface area contributed by atoms with E-state index in [9.17, 15) is 14.7 Å². The lowest BCUT2D eigenvalue weighted by Gasteiger charge is -2.16. The van der Waals surface area contributed by atoms with Crippen molar-refractivity contribution in [1.82, 2.24) is 9.88 Å². The Morgan fingerprint density at radius 3 is 2.52 bits per heavy atom. The summed E-state index contributed by atoms with van der Waals surface area (Å²) < 4.78 is 16.8. The summed E-state index contributed by atoms with van der Waals surface area (Å²) in [6.07, 6.45) is 2.12. The Labute approximate surface area is 157 Å². The Kier molecular flexibility index (Phi) is 6.84. The van der Waals surface area contributed by atoms with E-state index in [4.69, 9.17) is 14.2 Å². The van der Waals surface area contributed by atoms with E-state index in [1.54, 1.807) is 13.2 Å². The molecule has 1 amide bonds. The van der Waals surface area contributed by atoms with Gasteiger partial charge in [0.05, 0.1) is 19.7 Å². The first kappa shape index (κ1) is 20.3. The molecule has 0 bridgehead atoms. The van der Waals surface area contributed by atoms with E-state index in [1.807, 2.05) is 0 Å². The maximum absolute atomic E-state index is 12.9. The van der Waals surface area contributed by atoms with Crippen molar-refractivity contribution in [2.24, 2.45) is 0 Å². The van der Waals surface area contributed by atoms with Crippen LogP contribution >= 0.6 is 0 Å². The van der Waals surface area contributed by atoms with E-state index in [0.717, 1.165) is 0 Å². The van der Waals surface area contributed by atoms with Crippen LogP contribution in [0.1, 0.15) is 16.8 Å².